The minimum absolute atomic E-state index is 0.783. The molecule has 0 fully saturated rings. The van der Waals surface area contributed by atoms with Gasteiger partial charge in [0.15, 0.2) is 0 Å². The molecule has 1 atom stereocenters. The molecule has 0 saturated carbocycles. The monoisotopic (exact) mass is 369 g/mol. The Labute approximate surface area is 165 Å². The summed E-state index contributed by atoms with van der Waals surface area (Å²) in [6, 6.07) is 0.783. The van der Waals surface area contributed by atoms with Crippen molar-refractivity contribution in [3.8, 4) is 0 Å². The predicted molar refractivity (Wildman–Crippen MR) is 120 cm³/mol. The Kier molecular flexibility index (Phi) is 20.4. The van der Waals surface area contributed by atoms with Gasteiger partial charge in [0, 0.05) is 18.3 Å². The maximum Gasteiger partial charge on any atom is 0.00925 e. The van der Waals surface area contributed by atoms with Gasteiger partial charge in [-0.3, -0.25) is 0 Å². The molecule has 0 aliphatic heterocycles. The van der Waals surface area contributed by atoms with Gasteiger partial charge in [0.2, 0.25) is 0 Å². The molecule has 0 aliphatic rings. The van der Waals surface area contributed by atoms with Gasteiger partial charge in [-0.25, -0.2) is 0 Å². The van der Waals surface area contributed by atoms with Crippen LogP contribution in [-0.2, 0) is 0 Å². The van der Waals surface area contributed by atoms with E-state index in [1.165, 1.54) is 96.3 Å². The smallest absolute Gasteiger partial charge is 0.00925 e. The van der Waals surface area contributed by atoms with Gasteiger partial charge < -0.3 is 4.90 Å². The molecule has 0 amide bonds. The summed E-state index contributed by atoms with van der Waals surface area (Å²) in [4.78, 5) is 2.57. The van der Waals surface area contributed by atoms with E-state index in [-0.39, 0.29) is 0 Å². The maximum atomic E-state index is 4.43. The molecule has 0 saturated heterocycles. The molecule has 25 heavy (non-hydrogen) atoms. The highest BCUT2D eigenvalue weighted by Crippen LogP contribution is 2.18. The molecule has 0 radical (unpaired) electrons. The number of nitrogens with zero attached hydrogens (tertiary/aromatic N) is 1. The second-order valence-corrected chi connectivity index (χ2v) is 8.13. The fourth-order valence-corrected chi connectivity index (χ4v) is 3.92. The van der Waals surface area contributed by atoms with Gasteiger partial charge in [0.25, 0.3) is 0 Å². The minimum atomic E-state index is 0.783. The lowest BCUT2D eigenvalue weighted by molar-refractivity contribution is 0.221. The van der Waals surface area contributed by atoms with Crippen LogP contribution in [0.25, 0.3) is 0 Å². The van der Waals surface area contributed by atoms with Crippen molar-refractivity contribution in [2.75, 3.05) is 19.3 Å². The summed E-state index contributed by atoms with van der Waals surface area (Å²) < 4.78 is 0. The van der Waals surface area contributed by atoms with E-state index in [9.17, 15) is 0 Å². The van der Waals surface area contributed by atoms with Crippen molar-refractivity contribution < 1.29 is 0 Å². The Balaban J connectivity index is 3.79. The van der Waals surface area contributed by atoms with Crippen LogP contribution in [0.3, 0.4) is 0 Å². The van der Waals surface area contributed by atoms with Crippen molar-refractivity contribution in [3.05, 3.63) is 12.2 Å². The number of hydrogen-bond donors (Lipinski definition) is 1. The first kappa shape index (κ1) is 25.1. The molecule has 2 heteroatoms. The van der Waals surface area contributed by atoms with Crippen LogP contribution >= 0.6 is 12.6 Å². The number of unbranched alkanes of at least 4 members (excludes halogenated alkanes) is 11. The average Bonchev–Trinajstić information content (AvgIpc) is 2.61. The van der Waals surface area contributed by atoms with Crippen molar-refractivity contribution in [2.24, 2.45) is 0 Å². The molecule has 0 aliphatic carbocycles. The first-order chi connectivity index (χ1) is 12.3. The van der Waals surface area contributed by atoms with Crippen molar-refractivity contribution in [1.29, 1.82) is 0 Å². The van der Waals surface area contributed by atoms with Crippen molar-refractivity contribution in [1.82, 2.24) is 4.90 Å². The summed E-state index contributed by atoms with van der Waals surface area (Å²) in [5.41, 5.74) is 0. The van der Waals surface area contributed by atoms with Gasteiger partial charge in [0.1, 0.15) is 0 Å². The largest absolute Gasteiger partial charge is 0.303 e. The Hall–Kier alpha value is 0.0500. The molecule has 0 aromatic carbocycles. The minimum Gasteiger partial charge on any atom is -0.303 e. The number of hydrogen-bond acceptors (Lipinski definition) is 2. The first-order valence-corrected chi connectivity index (χ1v) is 11.8. The van der Waals surface area contributed by atoms with Gasteiger partial charge in [-0.2, -0.15) is 12.6 Å². The Morgan fingerprint density at radius 2 is 1.32 bits per heavy atom. The van der Waals surface area contributed by atoms with E-state index in [0.29, 0.717) is 0 Å². The van der Waals surface area contributed by atoms with E-state index in [1.54, 1.807) is 0 Å². The molecule has 1 nitrogen and oxygen atoms in total. The fourth-order valence-electron chi connectivity index (χ4n) is 3.60. The normalized spacial score (nSPS) is 13.2. The van der Waals surface area contributed by atoms with E-state index in [1.807, 2.05) is 0 Å². The summed E-state index contributed by atoms with van der Waals surface area (Å²) in [6.07, 6.45) is 25.4. The topological polar surface area (TPSA) is 3.24 Å². The van der Waals surface area contributed by atoms with Gasteiger partial charge >= 0.3 is 0 Å². The molecule has 150 valence electrons. The predicted octanol–water partition coefficient (Wildman–Crippen LogP) is 7.66. The van der Waals surface area contributed by atoms with Crippen LogP contribution in [0.15, 0.2) is 12.2 Å². The van der Waals surface area contributed by atoms with Gasteiger partial charge in [-0.15, -0.1) is 0 Å². The van der Waals surface area contributed by atoms with E-state index in [2.05, 4.69) is 50.6 Å². The molecule has 0 spiro atoms. The highest BCUT2D eigenvalue weighted by molar-refractivity contribution is 7.80. The molecular formula is C23H47NS. The summed E-state index contributed by atoms with van der Waals surface area (Å²) in [7, 11) is 2.30. The Morgan fingerprint density at radius 3 is 1.84 bits per heavy atom. The maximum absolute atomic E-state index is 4.43. The van der Waals surface area contributed by atoms with Crippen LogP contribution < -0.4 is 0 Å². The zero-order valence-electron chi connectivity index (χ0n) is 17.6. The number of allylic oxidation sites excluding steroid dienone is 2. The van der Waals surface area contributed by atoms with Crippen molar-refractivity contribution in [3.63, 3.8) is 0 Å². The lowest BCUT2D eigenvalue weighted by Gasteiger charge is -2.28. The Bertz CT molecular complexity index is 277. The van der Waals surface area contributed by atoms with Crippen LogP contribution in [-0.4, -0.2) is 30.3 Å². The van der Waals surface area contributed by atoms with E-state index in [4.69, 9.17) is 0 Å². The van der Waals surface area contributed by atoms with Crippen LogP contribution in [0.1, 0.15) is 110 Å². The fraction of sp³-hybridized carbons (Fsp3) is 0.913. The average molecular weight is 370 g/mol. The van der Waals surface area contributed by atoms with Gasteiger partial charge in [-0.05, 0) is 39.7 Å². The number of rotatable bonds is 19. The van der Waals surface area contributed by atoms with E-state index >= 15 is 0 Å². The summed E-state index contributed by atoms with van der Waals surface area (Å²) in [5.74, 6) is 0.981. The summed E-state index contributed by atoms with van der Waals surface area (Å²) >= 11 is 4.43. The van der Waals surface area contributed by atoms with Crippen LogP contribution in [0, 0.1) is 0 Å². The van der Waals surface area contributed by atoms with E-state index in [0.717, 1.165) is 18.3 Å². The second kappa shape index (κ2) is 20.4. The van der Waals surface area contributed by atoms with Crippen LogP contribution in [0.5, 0.6) is 0 Å². The van der Waals surface area contributed by atoms with Crippen LogP contribution in [0.4, 0.5) is 0 Å². The lowest BCUT2D eigenvalue weighted by atomic mass is 9.99. The SMILES string of the molecule is C/C=C\CCCCCCCC(CCCCCCCCC)N(C)CCS. The molecule has 0 rings (SSSR count). The molecule has 0 bridgehead atoms. The molecule has 0 N–H and O–H groups in total. The van der Waals surface area contributed by atoms with Crippen molar-refractivity contribution in [2.45, 2.75) is 116 Å². The molecule has 1 unspecified atom stereocenters. The molecular weight excluding hydrogens is 322 g/mol. The van der Waals surface area contributed by atoms with E-state index < -0.39 is 0 Å². The van der Waals surface area contributed by atoms with Gasteiger partial charge in [0.05, 0.1) is 0 Å². The standard InChI is InChI=1S/C23H47NS/c1-4-6-8-10-12-14-16-18-20-23(24(3)21-22-25)19-17-15-13-11-9-7-5-2/h4,6,23,25H,5,7-22H2,1-3H3/b6-4-. The third kappa shape index (κ3) is 17.2. The number of thiol groups is 1. The van der Waals surface area contributed by atoms with Crippen LogP contribution in [0.2, 0.25) is 0 Å². The lowest BCUT2D eigenvalue weighted by Crippen LogP contribution is -2.33. The highest BCUT2D eigenvalue weighted by atomic mass is 32.1. The Morgan fingerprint density at radius 1 is 0.800 bits per heavy atom. The zero-order valence-corrected chi connectivity index (χ0v) is 18.5. The quantitative estimate of drug-likeness (QED) is 0.139. The molecule has 0 aromatic heterocycles. The zero-order chi connectivity index (χ0) is 18.6. The summed E-state index contributed by atoms with van der Waals surface area (Å²) in [5, 5.41) is 0. The third-order valence-corrected chi connectivity index (χ3v) is 5.56. The molecule has 0 heterocycles. The second-order valence-electron chi connectivity index (χ2n) is 7.68. The summed E-state index contributed by atoms with van der Waals surface area (Å²) in [6.45, 7) is 5.55. The molecule has 0 aromatic rings. The van der Waals surface area contributed by atoms with Gasteiger partial charge in [-0.1, -0.05) is 89.7 Å². The van der Waals surface area contributed by atoms with Crippen molar-refractivity contribution >= 4 is 12.6 Å². The third-order valence-electron chi connectivity index (χ3n) is 5.36. The first-order valence-electron chi connectivity index (χ1n) is 11.2. The highest BCUT2D eigenvalue weighted by Gasteiger charge is 2.13.